The van der Waals surface area contributed by atoms with E-state index in [0.717, 1.165) is 0 Å². The van der Waals surface area contributed by atoms with Crippen LogP contribution >= 0.6 is 11.3 Å². The van der Waals surface area contributed by atoms with Crippen molar-refractivity contribution in [2.24, 2.45) is 0 Å². The number of benzene rings is 4. The van der Waals surface area contributed by atoms with Gasteiger partial charge in [0, 0.05) is 41.8 Å². The van der Waals surface area contributed by atoms with Crippen LogP contribution in [0.2, 0.25) is 0 Å². The van der Waals surface area contributed by atoms with Crippen molar-refractivity contribution in [2.45, 2.75) is 0 Å². The highest BCUT2D eigenvalue weighted by Crippen LogP contribution is 2.39. The minimum atomic E-state index is 1.22. The molecule has 0 saturated carbocycles. The van der Waals surface area contributed by atoms with E-state index in [4.69, 9.17) is 0 Å². The molecule has 0 aliphatic rings. The molecule has 6 rings (SSSR count). The van der Waals surface area contributed by atoms with E-state index in [2.05, 4.69) is 77.8 Å². The Morgan fingerprint density at radius 1 is 0.583 bits per heavy atom. The van der Waals surface area contributed by atoms with Gasteiger partial charge in [-0.1, -0.05) is 54.6 Å². The zero-order valence-corrected chi connectivity index (χ0v) is 13.7. The SMILES string of the molecule is c1ccc2c(c1)ccc1c3cc4sc5ccccc5c4cc3[nH]c21. The number of aromatic nitrogens is 1. The second-order valence-electron chi connectivity index (χ2n) is 6.33. The smallest absolute Gasteiger partial charge is 0.0544 e. The summed E-state index contributed by atoms with van der Waals surface area (Å²) in [7, 11) is 0. The van der Waals surface area contributed by atoms with E-state index in [1.807, 2.05) is 11.3 Å². The molecule has 2 heterocycles. The molecule has 0 atom stereocenters. The highest BCUT2D eigenvalue weighted by atomic mass is 32.1. The molecule has 24 heavy (non-hydrogen) atoms. The van der Waals surface area contributed by atoms with Crippen molar-refractivity contribution >= 4 is 64.1 Å². The van der Waals surface area contributed by atoms with Crippen molar-refractivity contribution in [3.05, 3.63) is 72.8 Å². The molecule has 0 amide bonds. The summed E-state index contributed by atoms with van der Waals surface area (Å²) in [6, 6.07) is 26.4. The molecule has 112 valence electrons. The summed E-state index contributed by atoms with van der Waals surface area (Å²) < 4.78 is 2.72. The first-order chi connectivity index (χ1) is 11.9. The second-order valence-corrected chi connectivity index (χ2v) is 7.41. The Labute approximate surface area is 142 Å². The molecule has 2 aromatic heterocycles. The molecule has 0 saturated heterocycles. The van der Waals surface area contributed by atoms with E-state index in [-0.39, 0.29) is 0 Å². The van der Waals surface area contributed by atoms with Crippen LogP contribution in [-0.4, -0.2) is 4.98 Å². The molecule has 0 fully saturated rings. The quantitative estimate of drug-likeness (QED) is 0.315. The predicted molar refractivity (Wildman–Crippen MR) is 106 cm³/mol. The van der Waals surface area contributed by atoms with Crippen molar-refractivity contribution in [2.75, 3.05) is 0 Å². The van der Waals surface area contributed by atoms with Gasteiger partial charge in [0.05, 0.1) is 5.52 Å². The van der Waals surface area contributed by atoms with Crippen molar-refractivity contribution in [1.29, 1.82) is 0 Å². The number of aromatic amines is 1. The summed E-state index contributed by atoms with van der Waals surface area (Å²) in [6.07, 6.45) is 0. The maximum atomic E-state index is 3.67. The van der Waals surface area contributed by atoms with Gasteiger partial charge in [0.15, 0.2) is 0 Å². The number of fused-ring (bicyclic) bond motifs is 8. The normalized spacial score (nSPS) is 12.2. The molecule has 0 unspecified atom stereocenters. The lowest BCUT2D eigenvalue weighted by atomic mass is 10.1. The summed E-state index contributed by atoms with van der Waals surface area (Å²) >= 11 is 1.88. The van der Waals surface area contributed by atoms with E-state index in [0.29, 0.717) is 0 Å². The van der Waals surface area contributed by atoms with Gasteiger partial charge in [0.2, 0.25) is 0 Å². The monoisotopic (exact) mass is 323 g/mol. The largest absolute Gasteiger partial charge is 0.354 e. The van der Waals surface area contributed by atoms with Gasteiger partial charge >= 0.3 is 0 Å². The number of rotatable bonds is 0. The third-order valence-corrected chi connectivity index (χ3v) is 6.13. The topological polar surface area (TPSA) is 15.8 Å². The fourth-order valence-electron chi connectivity index (χ4n) is 3.86. The van der Waals surface area contributed by atoms with Crippen LogP contribution in [0.25, 0.3) is 52.8 Å². The first kappa shape index (κ1) is 12.6. The van der Waals surface area contributed by atoms with E-state index < -0.39 is 0 Å². The number of thiophene rings is 1. The van der Waals surface area contributed by atoms with Crippen LogP contribution in [0.1, 0.15) is 0 Å². The first-order valence-corrected chi connectivity index (χ1v) is 8.94. The number of H-pyrrole nitrogens is 1. The van der Waals surface area contributed by atoms with Crippen LogP contribution in [0.15, 0.2) is 72.8 Å². The highest BCUT2D eigenvalue weighted by Gasteiger charge is 2.11. The maximum Gasteiger partial charge on any atom is 0.0544 e. The predicted octanol–water partition coefficient (Wildman–Crippen LogP) is 6.84. The van der Waals surface area contributed by atoms with Crippen LogP contribution in [0, 0.1) is 0 Å². The molecule has 6 aromatic rings. The molecule has 0 radical (unpaired) electrons. The summed E-state index contributed by atoms with van der Waals surface area (Å²) in [5.74, 6) is 0. The van der Waals surface area contributed by atoms with E-state index in [1.165, 1.54) is 52.8 Å². The van der Waals surface area contributed by atoms with Gasteiger partial charge in [0.25, 0.3) is 0 Å². The van der Waals surface area contributed by atoms with Crippen molar-refractivity contribution in [3.8, 4) is 0 Å². The molecule has 0 spiro atoms. The number of nitrogens with one attached hydrogen (secondary N) is 1. The first-order valence-electron chi connectivity index (χ1n) is 8.13. The molecule has 1 nitrogen and oxygen atoms in total. The number of hydrogen-bond acceptors (Lipinski definition) is 1. The zero-order valence-electron chi connectivity index (χ0n) is 12.8. The lowest BCUT2D eigenvalue weighted by molar-refractivity contribution is 1.57. The summed E-state index contributed by atoms with van der Waals surface area (Å²) in [5.41, 5.74) is 2.46. The van der Waals surface area contributed by atoms with Crippen molar-refractivity contribution < 1.29 is 0 Å². The average molecular weight is 323 g/mol. The molecular weight excluding hydrogens is 310 g/mol. The molecular formula is C22H13NS. The summed E-state index contributed by atoms with van der Waals surface area (Å²) in [6.45, 7) is 0. The van der Waals surface area contributed by atoms with Crippen molar-refractivity contribution in [3.63, 3.8) is 0 Å². The third kappa shape index (κ3) is 1.53. The Morgan fingerprint density at radius 2 is 1.42 bits per heavy atom. The Balaban J connectivity index is 1.84. The van der Waals surface area contributed by atoms with Gasteiger partial charge in [-0.15, -0.1) is 11.3 Å². The van der Waals surface area contributed by atoms with E-state index in [9.17, 15) is 0 Å². The van der Waals surface area contributed by atoms with Crippen LogP contribution in [-0.2, 0) is 0 Å². The van der Waals surface area contributed by atoms with Gasteiger partial charge in [0.1, 0.15) is 0 Å². The standard InChI is InChI=1S/C22H13NS/c1-2-6-14-13(5-1)9-10-16-17-12-21-18(11-19(17)23-22(14)16)15-7-3-4-8-20(15)24-21/h1-12,23H. The van der Waals surface area contributed by atoms with E-state index >= 15 is 0 Å². The van der Waals surface area contributed by atoms with Gasteiger partial charge in [-0.05, 0) is 23.6 Å². The maximum absolute atomic E-state index is 3.67. The fraction of sp³-hybridized carbons (Fsp3) is 0. The van der Waals surface area contributed by atoms with Gasteiger partial charge < -0.3 is 4.98 Å². The summed E-state index contributed by atoms with van der Waals surface area (Å²) in [5, 5.41) is 7.89. The Morgan fingerprint density at radius 3 is 2.38 bits per heavy atom. The molecule has 1 N–H and O–H groups in total. The van der Waals surface area contributed by atoms with Crippen molar-refractivity contribution in [1.82, 2.24) is 4.98 Å². The lowest BCUT2D eigenvalue weighted by Crippen LogP contribution is -1.74. The van der Waals surface area contributed by atoms with Gasteiger partial charge in [-0.25, -0.2) is 0 Å². The van der Waals surface area contributed by atoms with Crippen LogP contribution in [0.5, 0.6) is 0 Å². The minimum Gasteiger partial charge on any atom is -0.354 e. The summed E-state index contributed by atoms with van der Waals surface area (Å²) in [4.78, 5) is 3.67. The van der Waals surface area contributed by atoms with Crippen LogP contribution in [0.3, 0.4) is 0 Å². The lowest BCUT2D eigenvalue weighted by Gasteiger charge is -1.98. The molecule has 0 aliphatic heterocycles. The Bertz CT molecular complexity index is 1400. The third-order valence-electron chi connectivity index (χ3n) is 5.00. The molecule has 0 aliphatic carbocycles. The molecule has 0 bridgehead atoms. The fourth-order valence-corrected chi connectivity index (χ4v) is 4.99. The van der Waals surface area contributed by atoms with Crippen LogP contribution in [0.4, 0.5) is 0 Å². The van der Waals surface area contributed by atoms with Crippen LogP contribution < -0.4 is 0 Å². The molecule has 4 aromatic carbocycles. The average Bonchev–Trinajstić information content (AvgIpc) is 3.17. The Kier molecular flexibility index (Phi) is 2.29. The minimum absolute atomic E-state index is 1.22. The van der Waals surface area contributed by atoms with Gasteiger partial charge in [-0.3, -0.25) is 0 Å². The number of hydrogen-bond donors (Lipinski definition) is 1. The van der Waals surface area contributed by atoms with Gasteiger partial charge in [-0.2, -0.15) is 0 Å². The zero-order chi connectivity index (χ0) is 15.7. The molecule has 2 heteroatoms. The highest BCUT2D eigenvalue weighted by molar-refractivity contribution is 7.25. The Hall–Kier alpha value is -2.84. The van der Waals surface area contributed by atoms with E-state index in [1.54, 1.807) is 0 Å². The second kappa shape index (κ2) is 4.37.